The molecule has 0 amide bonds. The van der Waals surface area contributed by atoms with Gasteiger partial charge in [-0.25, -0.2) is 0 Å². The fraction of sp³-hybridized carbons (Fsp3) is 0.400. The zero-order chi connectivity index (χ0) is 17.9. The molecule has 2 aromatic carbocycles. The lowest BCUT2D eigenvalue weighted by atomic mass is 9.96. The van der Waals surface area contributed by atoms with Crippen molar-refractivity contribution in [2.45, 2.75) is 43.5 Å². The van der Waals surface area contributed by atoms with Crippen LogP contribution in [0.1, 0.15) is 17.4 Å². The van der Waals surface area contributed by atoms with Gasteiger partial charge in [-0.3, -0.25) is 0 Å². The second-order valence-corrected chi connectivity index (χ2v) is 6.58. The molecule has 6 heteroatoms. The fourth-order valence-corrected chi connectivity index (χ4v) is 3.29. The zero-order valence-electron chi connectivity index (χ0n) is 14.3. The molecule has 6 atom stereocenters. The molecular weight excluding hydrogens is 334 g/mol. The molecule has 138 valence electrons. The number of aliphatic hydroxyl groups is 1. The molecule has 5 unspecified atom stereocenters. The van der Waals surface area contributed by atoms with Crippen molar-refractivity contribution < 1.29 is 24.1 Å². The first-order valence-corrected chi connectivity index (χ1v) is 8.79. The third-order valence-electron chi connectivity index (χ3n) is 4.74. The van der Waals surface area contributed by atoms with Gasteiger partial charge in [-0.1, -0.05) is 60.7 Å². The van der Waals surface area contributed by atoms with Crippen LogP contribution >= 0.6 is 0 Å². The van der Waals surface area contributed by atoms with Gasteiger partial charge in [-0.15, -0.1) is 0 Å². The number of hydrogen-bond donors (Lipinski definition) is 2. The number of rotatable bonds is 4. The molecule has 0 aromatic heterocycles. The van der Waals surface area contributed by atoms with E-state index >= 15 is 0 Å². The molecule has 0 radical (unpaired) electrons. The topological polar surface area (TPSA) is 83.2 Å². The van der Waals surface area contributed by atoms with Crippen LogP contribution in [0.5, 0.6) is 0 Å². The van der Waals surface area contributed by atoms with Crippen molar-refractivity contribution in [2.75, 3.05) is 6.61 Å². The Bertz CT molecular complexity index is 696. The van der Waals surface area contributed by atoms with Gasteiger partial charge in [0.05, 0.1) is 19.3 Å². The zero-order valence-corrected chi connectivity index (χ0v) is 14.3. The summed E-state index contributed by atoms with van der Waals surface area (Å²) >= 11 is 0. The summed E-state index contributed by atoms with van der Waals surface area (Å²) < 4.78 is 23.4. The lowest BCUT2D eigenvalue weighted by molar-refractivity contribution is -0.343. The number of aliphatic hydroxyl groups excluding tert-OH is 1. The number of fused-ring (bicyclic) bond motifs is 1. The summed E-state index contributed by atoms with van der Waals surface area (Å²) in [5.41, 5.74) is 8.07. The molecule has 2 aliphatic rings. The minimum absolute atomic E-state index is 0.305. The van der Waals surface area contributed by atoms with E-state index in [4.69, 9.17) is 24.7 Å². The van der Waals surface area contributed by atoms with Crippen LogP contribution in [0.4, 0.5) is 0 Å². The van der Waals surface area contributed by atoms with Crippen LogP contribution in [0.25, 0.3) is 0 Å². The Morgan fingerprint density at radius 1 is 1.00 bits per heavy atom. The Labute approximate surface area is 152 Å². The Kier molecular flexibility index (Phi) is 5.31. The standard InChI is InChI=1S/C20H23NO5/c21-16-17(22)18-15(12-24-19(26-18)14-9-5-2-6-10-14)25-20(16)23-11-13-7-3-1-4-8-13/h1-10,15-20,22H,11-12,21H2/t15?,16?,17?,18-,19?,20?/m0/s1. The highest BCUT2D eigenvalue weighted by Gasteiger charge is 2.48. The molecule has 6 nitrogen and oxygen atoms in total. The third-order valence-corrected chi connectivity index (χ3v) is 4.74. The minimum atomic E-state index is -0.898. The normalized spacial score (nSPS) is 34.2. The first-order valence-electron chi connectivity index (χ1n) is 8.79. The number of ether oxygens (including phenoxy) is 4. The Hall–Kier alpha value is -1.80. The highest BCUT2D eigenvalue weighted by Crippen LogP contribution is 2.33. The van der Waals surface area contributed by atoms with Crippen LogP contribution in [0.2, 0.25) is 0 Å². The smallest absolute Gasteiger partial charge is 0.184 e. The lowest BCUT2D eigenvalue weighted by Gasteiger charge is -2.46. The van der Waals surface area contributed by atoms with E-state index in [0.717, 1.165) is 11.1 Å². The number of hydrogen-bond acceptors (Lipinski definition) is 6. The van der Waals surface area contributed by atoms with E-state index in [1.807, 2.05) is 60.7 Å². The van der Waals surface area contributed by atoms with Crippen molar-refractivity contribution >= 4 is 0 Å². The van der Waals surface area contributed by atoms with E-state index in [0.29, 0.717) is 13.2 Å². The second kappa shape index (κ2) is 7.84. The summed E-state index contributed by atoms with van der Waals surface area (Å²) in [6, 6.07) is 18.7. The summed E-state index contributed by atoms with van der Waals surface area (Å²) in [4.78, 5) is 0. The SMILES string of the molecule is NC1C(OCc2ccccc2)OC2COC(c3ccccc3)O[C@@H]2C1O. The van der Waals surface area contributed by atoms with E-state index in [1.165, 1.54) is 0 Å². The molecule has 0 spiro atoms. The molecule has 2 saturated heterocycles. The number of benzene rings is 2. The Morgan fingerprint density at radius 3 is 2.42 bits per heavy atom. The van der Waals surface area contributed by atoms with Crippen molar-refractivity contribution in [2.24, 2.45) is 5.73 Å². The molecule has 2 heterocycles. The summed E-state index contributed by atoms with van der Waals surface area (Å²) in [5, 5.41) is 10.6. The van der Waals surface area contributed by atoms with Crippen LogP contribution < -0.4 is 5.73 Å². The van der Waals surface area contributed by atoms with Crippen molar-refractivity contribution in [1.82, 2.24) is 0 Å². The van der Waals surface area contributed by atoms with Crippen LogP contribution in [0.3, 0.4) is 0 Å². The van der Waals surface area contributed by atoms with E-state index in [1.54, 1.807) is 0 Å². The second-order valence-electron chi connectivity index (χ2n) is 6.58. The molecular formula is C20H23NO5. The van der Waals surface area contributed by atoms with Crippen molar-refractivity contribution in [3.8, 4) is 0 Å². The molecule has 0 bridgehead atoms. The van der Waals surface area contributed by atoms with Crippen molar-refractivity contribution in [1.29, 1.82) is 0 Å². The van der Waals surface area contributed by atoms with E-state index in [9.17, 15) is 5.11 Å². The van der Waals surface area contributed by atoms with Crippen LogP contribution in [0, 0.1) is 0 Å². The molecule has 26 heavy (non-hydrogen) atoms. The van der Waals surface area contributed by atoms with E-state index in [2.05, 4.69) is 0 Å². The maximum atomic E-state index is 10.6. The molecule has 2 aliphatic heterocycles. The summed E-state index contributed by atoms with van der Waals surface area (Å²) in [6.45, 7) is 0.664. The number of nitrogens with two attached hydrogens (primary N) is 1. The summed E-state index contributed by atoms with van der Waals surface area (Å²) in [7, 11) is 0. The predicted octanol–water partition coefficient (Wildman–Crippen LogP) is 1.73. The van der Waals surface area contributed by atoms with Gasteiger partial charge >= 0.3 is 0 Å². The Balaban J connectivity index is 1.40. The molecule has 4 rings (SSSR count). The Morgan fingerprint density at radius 2 is 1.69 bits per heavy atom. The fourth-order valence-electron chi connectivity index (χ4n) is 3.29. The highest BCUT2D eigenvalue weighted by molar-refractivity contribution is 5.17. The highest BCUT2D eigenvalue weighted by atomic mass is 16.7. The van der Waals surface area contributed by atoms with Gasteiger partial charge < -0.3 is 29.8 Å². The van der Waals surface area contributed by atoms with Crippen molar-refractivity contribution in [3.05, 3.63) is 71.8 Å². The molecule has 0 aliphatic carbocycles. The quantitative estimate of drug-likeness (QED) is 0.867. The average Bonchev–Trinajstić information content (AvgIpc) is 2.71. The molecule has 0 saturated carbocycles. The van der Waals surface area contributed by atoms with Gasteiger partial charge in [0.2, 0.25) is 0 Å². The molecule has 3 N–H and O–H groups in total. The first kappa shape index (κ1) is 17.6. The van der Waals surface area contributed by atoms with Gasteiger partial charge in [-0.05, 0) is 5.56 Å². The maximum Gasteiger partial charge on any atom is 0.184 e. The largest absolute Gasteiger partial charge is 0.388 e. The van der Waals surface area contributed by atoms with Crippen LogP contribution in [-0.4, -0.2) is 42.4 Å². The van der Waals surface area contributed by atoms with Gasteiger partial charge in [0.1, 0.15) is 18.3 Å². The molecule has 2 aromatic rings. The van der Waals surface area contributed by atoms with Gasteiger partial charge in [0.25, 0.3) is 0 Å². The maximum absolute atomic E-state index is 10.6. The van der Waals surface area contributed by atoms with Gasteiger partial charge in [0.15, 0.2) is 12.6 Å². The minimum Gasteiger partial charge on any atom is -0.388 e. The van der Waals surface area contributed by atoms with Gasteiger partial charge in [0, 0.05) is 5.56 Å². The van der Waals surface area contributed by atoms with E-state index < -0.39 is 36.9 Å². The van der Waals surface area contributed by atoms with Crippen LogP contribution in [-0.2, 0) is 25.6 Å². The average molecular weight is 357 g/mol. The third kappa shape index (κ3) is 3.66. The van der Waals surface area contributed by atoms with Crippen LogP contribution in [0.15, 0.2) is 60.7 Å². The predicted molar refractivity (Wildman–Crippen MR) is 93.9 cm³/mol. The first-order chi connectivity index (χ1) is 12.7. The van der Waals surface area contributed by atoms with Crippen molar-refractivity contribution in [3.63, 3.8) is 0 Å². The summed E-state index contributed by atoms with van der Waals surface area (Å²) in [5.74, 6) is 0. The monoisotopic (exact) mass is 357 g/mol. The molecule has 2 fully saturated rings. The van der Waals surface area contributed by atoms with E-state index in [-0.39, 0.29) is 0 Å². The lowest BCUT2D eigenvalue weighted by Crippen LogP contribution is -2.64. The summed E-state index contributed by atoms with van der Waals surface area (Å²) in [6.07, 6.45) is -3.13. The van der Waals surface area contributed by atoms with Gasteiger partial charge in [-0.2, -0.15) is 0 Å².